The normalized spacial score (nSPS) is 13.7. The van der Waals surface area contributed by atoms with Crippen molar-refractivity contribution in [1.29, 1.82) is 0 Å². The summed E-state index contributed by atoms with van der Waals surface area (Å²) in [6, 6.07) is 72.6. The van der Waals surface area contributed by atoms with Crippen molar-refractivity contribution in [2.24, 2.45) is 10.8 Å². The van der Waals surface area contributed by atoms with Crippen LogP contribution < -0.4 is 0 Å². The van der Waals surface area contributed by atoms with Gasteiger partial charge in [-0.05, 0) is 163 Å². The first-order valence-electron chi connectivity index (χ1n) is 23.5. The molecule has 1 heteroatoms. The molecule has 1 aromatic heterocycles. The highest BCUT2D eigenvalue weighted by Gasteiger charge is 2.58. The lowest BCUT2D eigenvalue weighted by Gasteiger charge is -2.53. The molecule has 0 radical (unpaired) electrons. The van der Waals surface area contributed by atoms with Gasteiger partial charge in [-0.15, -0.1) is 0 Å². The second-order valence-corrected chi connectivity index (χ2v) is 20.8. The Morgan fingerprint density at radius 2 is 0.788 bits per heavy atom. The van der Waals surface area contributed by atoms with Crippen LogP contribution >= 0.6 is 0 Å². The second kappa shape index (κ2) is 13.8. The van der Waals surface area contributed by atoms with E-state index < -0.39 is 0 Å². The van der Waals surface area contributed by atoms with Crippen molar-refractivity contribution in [2.75, 3.05) is 0 Å². The number of hydrogen-bond acceptors (Lipinski definition) is 1. The summed E-state index contributed by atoms with van der Waals surface area (Å²) in [5.74, 6) is 0. The van der Waals surface area contributed by atoms with Crippen molar-refractivity contribution >= 4 is 75.8 Å². The molecule has 0 spiro atoms. The molecule has 0 unspecified atom stereocenters. The molecular formula is C65H50O. The highest BCUT2D eigenvalue weighted by Crippen LogP contribution is 2.67. The van der Waals surface area contributed by atoms with Gasteiger partial charge in [0.25, 0.3) is 0 Å². The molecule has 1 aliphatic rings. The van der Waals surface area contributed by atoms with E-state index in [9.17, 15) is 0 Å². The van der Waals surface area contributed by atoms with Gasteiger partial charge in [-0.3, -0.25) is 0 Å². The Morgan fingerprint density at radius 1 is 0.318 bits per heavy atom. The Kier molecular flexibility index (Phi) is 8.12. The first-order valence-corrected chi connectivity index (χ1v) is 23.5. The first kappa shape index (κ1) is 38.9. The fourth-order valence-electron chi connectivity index (χ4n) is 13.1. The van der Waals surface area contributed by atoms with Crippen LogP contribution in [0.15, 0.2) is 199 Å². The predicted octanol–water partition coefficient (Wildman–Crippen LogP) is 18.7. The number of rotatable bonds is 3. The van der Waals surface area contributed by atoms with Crippen molar-refractivity contribution in [3.05, 3.63) is 205 Å². The zero-order valence-electron chi connectivity index (χ0n) is 38.4. The smallest absolute Gasteiger partial charge is 0.135 e. The third-order valence-electron chi connectivity index (χ3n) is 15.3. The monoisotopic (exact) mass is 846 g/mol. The van der Waals surface area contributed by atoms with Crippen LogP contribution in [0.5, 0.6) is 0 Å². The van der Waals surface area contributed by atoms with Crippen molar-refractivity contribution in [3.63, 3.8) is 0 Å². The van der Waals surface area contributed by atoms with Crippen molar-refractivity contribution in [3.8, 4) is 44.5 Å². The molecule has 0 bridgehead atoms. The molecule has 0 saturated carbocycles. The van der Waals surface area contributed by atoms with Gasteiger partial charge < -0.3 is 4.42 Å². The molecule has 0 fully saturated rings. The van der Waals surface area contributed by atoms with Gasteiger partial charge in [0, 0.05) is 16.2 Å². The summed E-state index contributed by atoms with van der Waals surface area (Å²) in [4.78, 5) is 0. The Morgan fingerprint density at radius 3 is 1.42 bits per heavy atom. The number of para-hydroxylation sites is 1. The Balaban J connectivity index is 1.03. The zero-order valence-corrected chi connectivity index (χ0v) is 38.4. The minimum absolute atomic E-state index is 0.0996. The van der Waals surface area contributed by atoms with E-state index in [1.807, 2.05) is 6.07 Å². The largest absolute Gasteiger partial charge is 0.456 e. The van der Waals surface area contributed by atoms with Crippen LogP contribution in [0.4, 0.5) is 0 Å². The molecule has 316 valence electrons. The van der Waals surface area contributed by atoms with Crippen LogP contribution in [0, 0.1) is 10.8 Å². The van der Waals surface area contributed by atoms with Crippen LogP contribution in [-0.4, -0.2) is 0 Å². The SMILES string of the molecule is CC(C)(C)C1(C(C)(C)C)c2cc3ccccc3cc2-c2c1c1ccc(-c3cccc(-c4c5ccccc5c(-c5ccc6oc7ccccc7c6c5)c5ccccc45)c3)cc1c1ccccc21. The molecule has 0 aliphatic heterocycles. The van der Waals surface area contributed by atoms with Gasteiger partial charge in [0.1, 0.15) is 11.2 Å². The number of fused-ring (bicyclic) bond motifs is 14. The van der Waals surface area contributed by atoms with E-state index in [1.54, 1.807) is 0 Å². The molecule has 1 nitrogen and oxygen atoms in total. The molecule has 0 saturated heterocycles. The van der Waals surface area contributed by atoms with Crippen LogP contribution in [0.1, 0.15) is 52.7 Å². The summed E-state index contributed by atoms with van der Waals surface area (Å²) in [6.07, 6.45) is 0. The van der Waals surface area contributed by atoms with Crippen LogP contribution in [0.2, 0.25) is 0 Å². The van der Waals surface area contributed by atoms with Gasteiger partial charge in [-0.1, -0.05) is 193 Å². The van der Waals surface area contributed by atoms with Crippen molar-refractivity contribution < 1.29 is 4.42 Å². The van der Waals surface area contributed by atoms with E-state index >= 15 is 0 Å². The maximum atomic E-state index is 6.27. The summed E-state index contributed by atoms with van der Waals surface area (Å²) >= 11 is 0. The summed E-state index contributed by atoms with van der Waals surface area (Å²) in [5, 5.41) is 15.1. The minimum Gasteiger partial charge on any atom is -0.456 e. The lowest BCUT2D eigenvalue weighted by molar-refractivity contribution is 0.0965. The number of hydrogen-bond donors (Lipinski definition) is 0. The fraction of sp³-hybridized carbons (Fsp3) is 0.138. The third kappa shape index (κ3) is 5.29. The highest BCUT2D eigenvalue weighted by molar-refractivity contribution is 6.23. The quantitative estimate of drug-likeness (QED) is 0.128. The number of benzene rings is 11. The van der Waals surface area contributed by atoms with E-state index in [0.29, 0.717) is 0 Å². The molecule has 1 aliphatic carbocycles. The second-order valence-electron chi connectivity index (χ2n) is 20.8. The van der Waals surface area contributed by atoms with Crippen LogP contribution in [0.25, 0.3) is 120 Å². The van der Waals surface area contributed by atoms with Gasteiger partial charge in [-0.25, -0.2) is 0 Å². The lowest BCUT2D eigenvalue weighted by atomic mass is 9.49. The fourth-order valence-corrected chi connectivity index (χ4v) is 13.1. The maximum Gasteiger partial charge on any atom is 0.135 e. The summed E-state index contributed by atoms with van der Waals surface area (Å²) in [6.45, 7) is 14.8. The topological polar surface area (TPSA) is 13.1 Å². The molecule has 13 rings (SSSR count). The van der Waals surface area contributed by atoms with E-state index in [1.165, 1.54) is 109 Å². The summed E-state index contributed by atoms with van der Waals surface area (Å²) < 4.78 is 6.27. The molecule has 0 amide bonds. The maximum absolute atomic E-state index is 6.27. The van der Waals surface area contributed by atoms with Crippen molar-refractivity contribution in [1.82, 2.24) is 0 Å². The van der Waals surface area contributed by atoms with Gasteiger partial charge >= 0.3 is 0 Å². The highest BCUT2D eigenvalue weighted by atomic mass is 16.3. The molecule has 0 N–H and O–H groups in total. The Labute approximate surface area is 386 Å². The Hall–Kier alpha value is -7.48. The van der Waals surface area contributed by atoms with E-state index in [4.69, 9.17) is 4.42 Å². The summed E-state index contributed by atoms with van der Waals surface area (Å²) in [5.41, 5.74) is 14.4. The summed E-state index contributed by atoms with van der Waals surface area (Å²) in [7, 11) is 0. The minimum atomic E-state index is -0.273. The van der Waals surface area contributed by atoms with Gasteiger partial charge in [-0.2, -0.15) is 0 Å². The predicted molar refractivity (Wildman–Crippen MR) is 283 cm³/mol. The molecule has 0 atom stereocenters. The Bertz CT molecular complexity index is 3940. The van der Waals surface area contributed by atoms with Crippen LogP contribution in [-0.2, 0) is 5.41 Å². The molecule has 11 aromatic carbocycles. The number of furan rings is 1. The third-order valence-corrected chi connectivity index (χ3v) is 15.3. The van der Waals surface area contributed by atoms with Gasteiger partial charge in [0.2, 0.25) is 0 Å². The molecule has 1 heterocycles. The first-order chi connectivity index (χ1) is 32.0. The zero-order chi connectivity index (χ0) is 44.7. The lowest BCUT2D eigenvalue weighted by Crippen LogP contribution is -2.50. The molecular weight excluding hydrogens is 797 g/mol. The van der Waals surface area contributed by atoms with Crippen LogP contribution in [0.3, 0.4) is 0 Å². The van der Waals surface area contributed by atoms with E-state index in [2.05, 4.69) is 230 Å². The standard InChI is InChI=1S/C65H50O/c1-63(2,3)65(64(4,5)6)56-38-41-19-8-7-18-40(41)36-55(56)61-47-24-10-9-22-45(47)53-35-42(30-32-52(53)62(61)65)39-20-17-21-43(34-39)59-48-25-11-13-27-50(48)60(51-28-14-12-26-49(51)59)44-31-33-58-54(37-44)46-23-15-16-29-57(46)66-58/h7-38H,1-6H3. The van der Waals surface area contributed by atoms with Crippen molar-refractivity contribution in [2.45, 2.75) is 47.0 Å². The van der Waals surface area contributed by atoms with E-state index in [0.717, 1.165) is 21.9 Å². The van der Waals surface area contributed by atoms with Gasteiger partial charge in [0.05, 0.1) is 0 Å². The molecule has 66 heavy (non-hydrogen) atoms. The molecule has 12 aromatic rings. The average Bonchev–Trinajstić information content (AvgIpc) is 3.86. The van der Waals surface area contributed by atoms with Gasteiger partial charge in [0.15, 0.2) is 0 Å². The average molecular weight is 847 g/mol. The van der Waals surface area contributed by atoms with E-state index in [-0.39, 0.29) is 16.2 Å².